The lowest BCUT2D eigenvalue weighted by Crippen LogP contribution is -2.38. The molecule has 66 heavy (non-hydrogen) atoms. The second kappa shape index (κ2) is 31.5. The van der Waals surface area contributed by atoms with E-state index < -0.39 is 11.7 Å². The van der Waals surface area contributed by atoms with E-state index in [0.717, 1.165) is 11.1 Å². The van der Waals surface area contributed by atoms with E-state index in [2.05, 4.69) is 34.1 Å². The van der Waals surface area contributed by atoms with Crippen LogP contribution in [0.15, 0.2) is 76.1 Å². The van der Waals surface area contributed by atoms with Gasteiger partial charge in [0, 0.05) is 47.5 Å². The van der Waals surface area contributed by atoms with Gasteiger partial charge < -0.3 is 50.1 Å². The number of thiocarbonyl (C=S) groups is 1. The van der Waals surface area contributed by atoms with Gasteiger partial charge in [-0.2, -0.15) is 4.98 Å². The quantitative estimate of drug-likeness (QED) is 0.0207. The molecule has 0 radical (unpaired) electrons. The minimum Gasteiger partial charge on any atom is -0.506 e. The predicted molar refractivity (Wildman–Crippen MR) is 274 cm³/mol. The lowest BCUT2D eigenvalue weighted by molar-refractivity contribution is -0.154. The maximum atomic E-state index is 11.8. The van der Waals surface area contributed by atoms with Gasteiger partial charge in [-0.05, 0) is 141 Å². The number of allylic oxidation sites excluding steroid dienone is 1. The van der Waals surface area contributed by atoms with E-state index in [4.69, 9.17) is 105 Å². The number of rotatable bonds is 11. The number of oxazole rings is 2. The third-order valence-corrected chi connectivity index (χ3v) is 7.95. The van der Waals surface area contributed by atoms with Gasteiger partial charge in [-0.15, -0.1) is 0 Å². The van der Waals surface area contributed by atoms with Crippen LogP contribution in [0.1, 0.15) is 74.7 Å². The number of carbonyl (C=O) groups excluding carboxylic acids is 4. The van der Waals surface area contributed by atoms with E-state index in [1.165, 1.54) is 32.1 Å². The topological polar surface area (TPSA) is 229 Å². The monoisotopic (exact) mass is 1050 g/mol. The molecule has 2 aromatic heterocycles. The minimum atomic E-state index is -0.558. The lowest BCUT2D eigenvalue weighted by Gasteiger charge is -2.22. The number of carbonyl (C=O) groups is 4. The number of esters is 1. The summed E-state index contributed by atoms with van der Waals surface area (Å²) in [5.41, 5.74) is 12.7. The van der Waals surface area contributed by atoms with Gasteiger partial charge >= 0.3 is 12.1 Å². The maximum absolute atomic E-state index is 11.8. The molecular weight excluding hydrogens is 998 g/mol. The van der Waals surface area contributed by atoms with Crippen LogP contribution < -0.4 is 21.7 Å². The van der Waals surface area contributed by atoms with Gasteiger partial charge in [0.2, 0.25) is 0 Å². The molecule has 0 saturated carbocycles. The van der Waals surface area contributed by atoms with Gasteiger partial charge in [0.05, 0.1) is 11.2 Å². The molecular formula is C44H57Cl5N6O9S2. The van der Waals surface area contributed by atoms with E-state index in [1.54, 1.807) is 63.2 Å². The SMILES string of the molecule is C=CC(C)=O.CC(=O)CCN(CCNC(=O)OC(C)(C)C)c1nc2cc(Cl)ccc2o1.CC(C)(C)OC(=O)CCCN.Nc1cc(Cl)ccc1O.S=C(Cl)Cl.S=c1[nH]c2cc(Cl)ccc2o1. The standard InChI is InChI=1S/C18H24ClN3O4.C8H17NO2.C7H4ClNOS.C6H6ClNO.C4H6O.CCl2S/c1-12(23)7-9-22(10-8-20-17(24)26-18(2,3)4)16-21-14-11-13(19)5-6-15(14)25-16;1-8(2,3)11-7(10)5-4-6-9;8-4-1-2-6-5(3-4)9-7(11)10-6;7-4-1-2-6(9)5(8)3-4;1-3-4(2)5;2-1(3)4/h5-6,11H,7-10H2,1-4H3,(H,20,24);4-6,9H2,1-3H3;1-3H,(H,9,11);1-3,9H,8H2;3H,1H2,2H3;. The van der Waals surface area contributed by atoms with Crippen molar-refractivity contribution in [1.82, 2.24) is 15.3 Å². The van der Waals surface area contributed by atoms with Crippen molar-refractivity contribution in [1.29, 1.82) is 0 Å². The lowest BCUT2D eigenvalue weighted by atomic mass is 10.2. The molecule has 0 aliphatic heterocycles. The van der Waals surface area contributed by atoms with Gasteiger partial charge in [0.25, 0.3) is 10.9 Å². The number of hydrogen-bond acceptors (Lipinski definition) is 15. The van der Waals surface area contributed by atoms with E-state index in [-0.39, 0.29) is 32.7 Å². The van der Waals surface area contributed by atoms with Crippen molar-refractivity contribution in [2.75, 3.05) is 36.8 Å². The number of Topliss-reactive ketones (excluding diaryl/α,β-unsaturated/α-hetero) is 1. The summed E-state index contributed by atoms with van der Waals surface area (Å²) in [6.45, 7) is 18.9. The third kappa shape index (κ3) is 30.7. The number of aromatic nitrogens is 2. The maximum Gasteiger partial charge on any atom is 0.407 e. The largest absolute Gasteiger partial charge is 0.506 e. The number of fused-ring (bicyclic) bond motifs is 2. The molecule has 15 nitrogen and oxygen atoms in total. The van der Waals surface area contributed by atoms with Crippen molar-refractivity contribution in [2.45, 2.75) is 85.9 Å². The Bertz CT molecular complexity index is 2390. The number of nitrogens with zero attached hydrogens (tertiary/aromatic N) is 2. The van der Waals surface area contributed by atoms with E-state index in [0.29, 0.717) is 88.1 Å². The summed E-state index contributed by atoms with van der Waals surface area (Å²) in [6.07, 6.45) is 2.27. The number of aromatic hydroxyl groups is 1. The van der Waals surface area contributed by atoms with Gasteiger partial charge in [0.1, 0.15) is 28.3 Å². The van der Waals surface area contributed by atoms with Gasteiger partial charge in [-0.25, -0.2) is 4.79 Å². The van der Waals surface area contributed by atoms with Crippen molar-refractivity contribution >= 4 is 144 Å². The normalized spacial score (nSPS) is 10.3. The average molecular weight is 1060 g/mol. The zero-order chi connectivity index (χ0) is 50.8. The van der Waals surface area contributed by atoms with Crippen molar-refractivity contribution in [3.8, 4) is 5.75 Å². The minimum absolute atomic E-state index is 0.0185. The van der Waals surface area contributed by atoms with E-state index in [9.17, 15) is 19.2 Å². The van der Waals surface area contributed by atoms with E-state index >= 15 is 0 Å². The van der Waals surface area contributed by atoms with Crippen LogP contribution in [0.2, 0.25) is 15.1 Å². The summed E-state index contributed by atoms with van der Waals surface area (Å²) in [6, 6.07) is 15.4. The second-order valence-corrected chi connectivity index (χ2v) is 18.8. The molecule has 7 N–H and O–H groups in total. The molecule has 0 unspecified atom stereocenters. The van der Waals surface area contributed by atoms with Crippen LogP contribution >= 0.6 is 82.4 Å². The zero-order valence-corrected chi connectivity index (χ0v) is 43.3. The Balaban J connectivity index is 0.000000875. The molecule has 0 aliphatic carbocycles. The molecule has 364 valence electrons. The number of halogens is 5. The Labute approximate surface area is 420 Å². The molecule has 0 atom stereocenters. The Kier molecular flexibility index (Phi) is 29.4. The number of amides is 1. The molecule has 0 saturated heterocycles. The van der Waals surface area contributed by atoms with E-state index in [1.807, 2.05) is 25.7 Å². The van der Waals surface area contributed by atoms with Gasteiger partial charge in [-0.3, -0.25) is 14.4 Å². The number of ketones is 2. The van der Waals surface area contributed by atoms with Crippen LogP contribution in [0.4, 0.5) is 16.5 Å². The summed E-state index contributed by atoms with van der Waals surface area (Å²) in [7, 11) is 0. The van der Waals surface area contributed by atoms with Crippen molar-refractivity contribution in [2.24, 2.45) is 5.73 Å². The van der Waals surface area contributed by atoms with Crippen LogP contribution in [-0.2, 0) is 23.9 Å². The molecule has 0 fully saturated rings. The first-order valence-corrected chi connectivity index (χ1v) is 22.5. The van der Waals surface area contributed by atoms with Crippen LogP contribution in [-0.4, -0.2) is 79.9 Å². The summed E-state index contributed by atoms with van der Waals surface area (Å²) < 4.78 is 21.1. The molecule has 5 rings (SSSR count). The fourth-order valence-electron chi connectivity index (χ4n) is 4.31. The first kappa shape index (κ1) is 61.5. The number of alkyl carbamates (subject to hydrolysis) is 1. The number of nitrogen functional groups attached to an aromatic ring is 1. The molecule has 0 bridgehead atoms. The fraction of sp³-hybridized carbons (Fsp3) is 0.386. The third-order valence-electron chi connectivity index (χ3n) is 7.06. The van der Waals surface area contributed by atoms with Crippen LogP contribution in [0, 0.1) is 4.84 Å². The second-order valence-electron chi connectivity index (χ2n) is 15.4. The number of phenolic OH excluding ortho intramolecular Hbond substituents is 1. The summed E-state index contributed by atoms with van der Waals surface area (Å²) in [5, 5.41) is 13.3. The van der Waals surface area contributed by atoms with Crippen molar-refractivity contribution in [3.05, 3.63) is 87.2 Å². The number of phenols is 1. The van der Waals surface area contributed by atoms with Crippen molar-refractivity contribution in [3.63, 3.8) is 0 Å². The Morgan fingerprint density at radius 2 is 1.41 bits per heavy atom. The Morgan fingerprint density at radius 3 is 1.91 bits per heavy atom. The predicted octanol–water partition coefficient (Wildman–Crippen LogP) is 12.1. The summed E-state index contributed by atoms with van der Waals surface area (Å²) >= 11 is 35.6. The number of benzene rings is 3. The highest BCUT2D eigenvalue weighted by Gasteiger charge is 2.19. The number of nitrogens with one attached hydrogen (secondary N) is 2. The van der Waals surface area contributed by atoms with Gasteiger partial charge in [-0.1, -0.05) is 76.8 Å². The number of nitrogens with two attached hydrogens (primary N) is 2. The summed E-state index contributed by atoms with van der Waals surface area (Å²) in [5.74, 6) is -0.0124. The smallest absolute Gasteiger partial charge is 0.407 e. The Hall–Kier alpha value is -4.46. The van der Waals surface area contributed by atoms with Crippen molar-refractivity contribution < 1.29 is 42.6 Å². The number of anilines is 2. The highest BCUT2D eigenvalue weighted by atomic mass is 35.5. The first-order valence-electron chi connectivity index (χ1n) is 19.7. The molecule has 5 aromatic rings. The average Bonchev–Trinajstić information content (AvgIpc) is 3.78. The highest BCUT2D eigenvalue weighted by molar-refractivity contribution is 7.86. The zero-order valence-electron chi connectivity index (χ0n) is 37.9. The molecule has 0 spiro atoms. The molecule has 3 aromatic carbocycles. The van der Waals surface area contributed by atoms with Gasteiger partial charge in [0.15, 0.2) is 20.7 Å². The van der Waals surface area contributed by atoms with Crippen LogP contribution in [0.5, 0.6) is 5.75 Å². The Morgan fingerprint density at radius 1 is 0.879 bits per heavy atom. The number of hydrogen-bond donors (Lipinski definition) is 5. The fourth-order valence-corrected chi connectivity index (χ4v) is 5.03. The molecule has 0 aliphatic rings. The first-order chi connectivity index (χ1) is 30.5. The van der Waals surface area contributed by atoms with Crippen LogP contribution in [0.25, 0.3) is 22.2 Å². The molecule has 1 amide bonds. The number of ether oxygens (including phenoxy) is 2. The number of aromatic amines is 1. The summed E-state index contributed by atoms with van der Waals surface area (Å²) in [4.78, 5) is 53.2. The van der Waals surface area contributed by atoms with Crippen LogP contribution in [0.3, 0.4) is 0 Å². The highest BCUT2D eigenvalue weighted by Crippen LogP contribution is 2.25. The molecule has 22 heteroatoms. The number of H-pyrrole nitrogens is 1. The molecule has 2 heterocycles.